The van der Waals surface area contributed by atoms with Crippen LogP contribution in [-0.4, -0.2) is 0 Å². The number of hydrogen-bond donors (Lipinski definition) is 1. The van der Waals surface area contributed by atoms with Crippen LogP contribution in [0.3, 0.4) is 0 Å². The molecule has 0 spiro atoms. The van der Waals surface area contributed by atoms with Crippen molar-refractivity contribution in [3.05, 3.63) is 21.9 Å². The molecule has 1 nitrogen and oxygen atoms in total. The van der Waals surface area contributed by atoms with Gasteiger partial charge in [0, 0.05) is 6.04 Å². The Hall–Kier alpha value is -0.550. The van der Waals surface area contributed by atoms with Crippen LogP contribution in [0.15, 0.2) is 11.4 Å². The van der Waals surface area contributed by atoms with Crippen LogP contribution in [0.4, 0.5) is 13.2 Å². The van der Waals surface area contributed by atoms with E-state index in [0.29, 0.717) is 16.9 Å². The molecule has 0 aliphatic heterocycles. The van der Waals surface area contributed by atoms with E-state index >= 15 is 0 Å². The molecule has 1 rings (SSSR count). The predicted octanol–water partition coefficient (Wildman–Crippen LogP) is 2.79. The van der Waals surface area contributed by atoms with Gasteiger partial charge < -0.3 is 5.73 Å². The molecule has 0 bridgehead atoms. The SMILES string of the molecule is C[C@@H](N)c1csc(C(F)(F)F)c1. The Morgan fingerprint density at radius 1 is 1.50 bits per heavy atom. The van der Waals surface area contributed by atoms with E-state index in [4.69, 9.17) is 5.73 Å². The second-order valence-corrected chi connectivity index (χ2v) is 3.44. The number of nitrogens with two attached hydrogens (primary N) is 1. The molecule has 1 aromatic heterocycles. The minimum Gasteiger partial charge on any atom is -0.324 e. The maximum absolute atomic E-state index is 12.0. The van der Waals surface area contributed by atoms with Crippen LogP contribution < -0.4 is 5.73 Å². The number of alkyl halides is 3. The molecule has 2 N–H and O–H groups in total. The summed E-state index contributed by atoms with van der Waals surface area (Å²) in [6.45, 7) is 1.65. The van der Waals surface area contributed by atoms with Gasteiger partial charge in [-0.25, -0.2) is 0 Å². The molecule has 0 aliphatic carbocycles. The number of thiophene rings is 1. The molecule has 0 fully saturated rings. The Labute approximate surface area is 72.0 Å². The van der Waals surface area contributed by atoms with E-state index in [0.717, 1.165) is 6.07 Å². The van der Waals surface area contributed by atoms with Gasteiger partial charge in [0.25, 0.3) is 0 Å². The fourth-order valence-electron chi connectivity index (χ4n) is 0.738. The monoisotopic (exact) mass is 195 g/mol. The third-order valence-corrected chi connectivity index (χ3v) is 2.42. The molecule has 0 aliphatic rings. The van der Waals surface area contributed by atoms with Crippen molar-refractivity contribution >= 4 is 11.3 Å². The highest BCUT2D eigenvalue weighted by Gasteiger charge is 2.32. The van der Waals surface area contributed by atoms with Crippen molar-refractivity contribution < 1.29 is 13.2 Å². The maximum atomic E-state index is 12.0. The minimum atomic E-state index is -4.24. The number of halogens is 3. The third-order valence-electron chi connectivity index (χ3n) is 1.42. The van der Waals surface area contributed by atoms with Crippen LogP contribution in [-0.2, 0) is 6.18 Å². The largest absolute Gasteiger partial charge is 0.425 e. The fourth-order valence-corrected chi connectivity index (χ4v) is 1.62. The van der Waals surface area contributed by atoms with Gasteiger partial charge in [-0.2, -0.15) is 13.2 Å². The van der Waals surface area contributed by atoms with Crippen LogP contribution >= 0.6 is 11.3 Å². The molecule has 0 radical (unpaired) electrons. The van der Waals surface area contributed by atoms with E-state index in [9.17, 15) is 13.2 Å². The molecule has 0 unspecified atom stereocenters. The zero-order chi connectivity index (χ0) is 9.35. The first-order valence-electron chi connectivity index (χ1n) is 3.32. The van der Waals surface area contributed by atoms with Crippen LogP contribution in [0.2, 0.25) is 0 Å². The van der Waals surface area contributed by atoms with E-state index in [1.165, 1.54) is 5.38 Å². The smallest absolute Gasteiger partial charge is 0.324 e. The van der Waals surface area contributed by atoms with Crippen LogP contribution in [0.5, 0.6) is 0 Å². The summed E-state index contributed by atoms with van der Waals surface area (Å²) >= 11 is 0.680. The summed E-state index contributed by atoms with van der Waals surface area (Å²) < 4.78 is 36.1. The van der Waals surface area contributed by atoms with Gasteiger partial charge in [0.2, 0.25) is 0 Å². The second-order valence-electron chi connectivity index (χ2n) is 2.53. The van der Waals surface area contributed by atoms with Crippen molar-refractivity contribution in [2.24, 2.45) is 5.73 Å². The number of rotatable bonds is 1. The molecule has 1 aromatic rings. The van der Waals surface area contributed by atoms with Crippen LogP contribution in [0.1, 0.15) is 23.4 Å². The fraction of sp³-hybridized carbons (Fsp3) is 0.429. The van der Waals surface area contributed by atoms with Crippen LogP contribution in [0, 0.1) is 0 Å². The van der Waals surface area contributed by atoms with Crippen LogP contribution in [0.25, 0.3) is 0 Å². The van der Waals surface area contributed by atoms with E-state index in [-0.39, 0.29) is 6.04 Å². The lowest BCUT2D eigenvalue weighted by Crippen LogP contribution is -2.04. The average Bonchev–Trinajstić information content (AvgIpc) is 2.30. The first kappa shape index (κ1) is 9.54. The third kappa shape index (κ3) is 1.98. The van der Waals surface area contributed by atoms with Crippen molar-refractivity contribution in [2.45, 2.75) is 19.1 Å². The van der Waals surface area contributed by atoms with Crippen molar-refractivity contribution in [1.29, 1.82) is 0 Å². The molecule has 0 amide bonds. The summed E-state index contributed by atoms with van der Waals surface area (Å²) in [4.78, 5) is -0.588. The molecular formula is C7H8F3NS. The Balaban J connectivity index is 2.92. The lowest BCUT2D eigenvalue weighted by atomic mass is 10.2. The maximum Gasteiger partial charge on any atom is 0.425 e. The molecule has 12 heavy (non-hydrogen) atoms. The molecule has 68 valence electrons. The predicted molar refractivity (Wildman–Crippen MR) is 41.9 cm³/mol. The zero-order valence-corrected chi connectivity index (χ0v) is 7.17. The molecule has 0 saturated carbocycles. The summed E-state index contributed by atoms with van der Waals surface area (Å²) in [5.74, 6) is 0. The highest BCUT2D eigenvalue weighted by molar-refractivity contribution is 7.10. The van der Waals surface area contributed by atoms with E-state index in [1.54, 1.807) is 6.92 Å². The zero-order valence-electron chi connectivity index (χ0n) is 6.35. The highest BCUT2D eigenvalue weighted by atomic mass is 32.1. The van der Waals surface area contributed by atoms with Gasteiger partial charge in [0.15, 0.2) is 0 Å². The summed E-state index contributed by atoms with van der Waals surface area (Å²) in [5, 5.41) is 1.44. The minimum absolute atomic E-state index is 0.336. The summed E-state index contributed by atoms with van der Waals surface area (Å²) in [7, 11) is 0. The van der Waals surface area contributed by atoms with Gasteiger partial charge >= 0.3 is 6.18 Å². The van der Waals surface area contributed by atoms with E-state index in [2.05, 4.69) is 0 Å². The Bertz CT molecular complexity index is 264. The second kappa shape index (κ2) is 3.06. The van der Waals surface area contributed by atoms with E-state index in [1.807, 2.05) is 0 Å². The molecule has 5 heteroatoms. The van der Waals surface area contributed by atoms with E-state index < -0.39 is 11.1 Å². The summed E-state index contributed by atoms with van der Waals surface area (Å²) in [6, 6.07) is 0.757. The normalized spacial score (nSPS) is 14.8. The van der Waals surface area contributed by atoms with Gasteiger partial charge in [0.1, 0.15) is 4.88 Å². The lowest BCUT2D eigenvalue weighted by molar-refractivity contribution is -0.134. The average molecular weight is 195 g/mol. The summed E-state index contributed by atoms with van der Waals surface area (Å²) in [6.07, 6.45) is -4.24. The lowest BCUT2D eigenvalue weighted by Gasteiger charge is -2.01. The van der Waals surface area contributed by atoms with Gasteiger partial charge in [-0.05, 0) is 23.9 Å². The molecule has 0 aromatic carbocycles. The molecular weight excluding hydrogens is 187 g/mol. The first-order valence-corrected chi connectivity index (χ1v) is 4.20. The van der Waals surface area contributed by atoms with Crippen molar-refractivity contribution in [2.75, 3.05) is 0 Å². The Kier molecular flexibility index (Phi) is 2.44. The molecule has 1 atom stereocenters. The van der Waals surface area contributed by atoms with Crippen molar-refractivity contribution in [3.8, 4) is 0 Å². The Morgan fingerprint density at radius 2 is 2.08 bits per heavy atom. The van der Waals surface area contributed by atoms with Gasteiger partial charge in [-0.3, -0.25) is 0 Å². The van der Waals surface area contributed by atoms with Crippen molar-refractivity contribution in [3.63, 3.8) is 0 Å². The Morgan fingerprint density at radius 3 is 2.33 bits per heavy atom. The molecule has 0 saturated heterocycles. The molecule has 1 heterocycles. The number of hydrogen-bond acceptors (Lipinski definition) is 2. The summed E-state index contributed by atoms with van der Waals surface area (Å²) in [5.41, 5.74) is 5.94. The van der Waals surface area contributed by atoms with Crippen molar-refractivity contribution in [1.82, 2.24) is 0 Å². The van der Waals surface area contributed by atoms with Gasteiger partial charge in [-0.1, -0.05) is 0 Å². The standard InChI is InChI=1S/C7H8F3NS/c1-4(11)5-2-6(12-3-5)7(8,9)10/h2-4H,11H2,1H3/t4-/m1/s1. The quantitative estimate of drug-likeness (QED) is 0.732. The topological polar surface area (TPSA) is 26.0 Å². The van der Waals surface area contributed by atoms with Gasteiger partial charge in [0.05, 0.1) is 0 Å². The highest BCUT2D eigenvalue weighted by Crippen LogP contribution is 2.35. The van der Waals surface area contributed by atoms with Gasteiger partial charge in [-0.15, -0.1) is 11.3 Å². The first-order chi connectivity index (χ1) is 5.41.